The summed E-state index contributed by atoms with van der Waals surface area (Å²) in [4.78, 5) is 20.9. The lowest BCUT2D eigenvalue weighted by Crippen LogP contribution is -2.28. The Kier molecular flexibility index (Phi) is 5.12. The molecule has 0 aliphatic rings. The highest BCUT2D eigenvalue weighted by Gasteiger charge is 2.38. The monoisotopic (exact) mass is 306 g/mol. The summed E-state index contributed by atoms with van der Waals surface area (Å²) in [5.41, 5.74) is -2.49. The number of nitrogens with zero attached hydrogens (tertiary/aromatic N) is 1. The van der Waals surface area contributed by atoms with Crippen LogP contribution in [-0.2, 0) is 15.7 Å². The highest BCUT2D eigenvalue weighted by molar-refractivity contribution is 5.79. The summed E-state index contributed by atoms with van der Waals surface area (Å²) in [6, 6.07) is 1.55. The predicted octanol–water partition coefficient (Wildman–Crippen LogP) is 2.98. The Morgan fingerprint density at radius 2 is 2.10 bits per heavy atom. The topological polar surface area (TPSA) is 81.5 Å². The van der Waals surface area contributed by atoms with Crippen LogP contribution in [-0.4, -0.2) is 23.5 Å². The molecule has 0 saturated heterocycles. The molecule has 1 aromatic carbocycles. The van der Waals surface area contributed by atoms with Crippen molar-refractivity contribution in [2.24, 2.45) is 0 Å². The lowest BCUT2D eigenvalue weighted by atomic mass is 10.1. The van der Waals surface area contributed by atoms with Gasteiger partial charge in [0.15, 0.2) is 0 Å². The number of halogens is 3. The third kappa shape index (κ3) is 4.33. The van der Waals surface area contributed by atoms with Gasteiger partial charge in [0, 0.05) is 11.8 Å². The Morgan fingerprint density at radius 1 is 1.48 bits per heavy atom. The lowest BCUT2D eigenvalue weighted by Gasteiger charge is -2.15. The number of ether oxygens (including phenoxy) is 1. The molecule has 6 nitrogen and oxygen atoms in total. The van der Waals surface area contributed by atoms with Crippen LogP contribution >= 0.6 is 0 Å². The van der Waals surface area contributed by atoms with Crippen molar-refractivity contribution in [3.05, 3.63) is 33.9 Å². The van der Waals surface area contributed by atoms with E-state index in [1.807, 2.05) is 0 Å². The Bertz CT molecular complexity index is 546. The molecule has 0 radical (unpaired) electrons. The highest BCUT2D eigenvalue weighted by Crippen LogP contribution is 2.37. The summed E-state index contributed by atoms with van der Waals surface area (Å²) in [7, 11) is 0. The van der Waals surface area contributed by atoms with E-state index in [0.717, 1.165) is 12.1 Å². The smallest absolute Gasteiger partial charge is 0.423 e. The Balaban J connectivity index is 3.06. The molecule has 0 aliphatic heterocycles. The maximum atomic E-state index is 12.8. The van der Waals surface area contributed by atoms with Gasteiger partial charge in [-0.15, -0.1) is 0 Å². The highest BCUT2D eigenvalue weighted by atomic mass is 19.4. The van der Waals surface area contributed by atoms with Crippen LogP contribution in [0.4, 0.5) is 24.5 Å². The minimum absolute atomic E-state index is 0.0616. The van der Waals surface area contributed by atoms with Gasteiger partial charge < -0.3 is 10.1 Å². The van der Waals surface area contributed by atoms with Gasteiger partial charge in [-0.1, -0.05) is 0 Å². The van der Waals surface area contributed by atoms with Crippen LogP contribution in [0, 0.1) is 10.1 Å². The van der Waals surface area contributed by atoms with Gasteiger partial charge >= 0.3 is 12.1 Å². The quantitative estimate of drug-likeness (QED) is 0.514. The zero-order valence-electron chi connectivity index (χ0n) is 11.2. The fourth-order valence-corrected chi connectivity index (χ4v) is 1.59. The maximum Gasteiger partial charge on any atom is 0.423 e. The molecule has 9 heteroatoms. The van der Waals surface area contributed by atoms with Crippen molar-refractivity contribution in [3.63, 3.8) is 0 Å². The number of hydrogen-bond donors (Lipinski definition) is 1. The van der Waals surface area contributed by atoms with Crippen LogP contribution < -0.4 is 5.32 Å². The first-order valence-corrected chi connectivity index (χ1v) is 5.95. The van der Waals surface area contributed by atoms with E-state index in [2.05, 4.69) is 5.32 Å². The molecule has 0 fully saturated rings. The number of alkyl halides is 3. The Labute approximate surface area is 118 Å². The minimum Gasteiger partial charge on any atom is -0.464 e. The van der Waals surface area contributed by atoms with E-state index in [9.17, 15) is 28.1 Å². The third-order valence-corrected chi connectivity index (χ3v) is 2.52. The van der Waals surface area contributed by atoms with Crippen LogP contribution in [0.25, 0.3) is 0 Å². The zero-order valence-corrected chi connectivity index (χ0v) is 11.2. The average molecular weight is 306 g/mol. The molecule has 21 heavy (non-hydrogen) atoms. The third-order valence-electron chi connectivity index (χ3n) is 2.52. The maximum absolute atomic E-state index is 12.8. The van der Waals surface area contributed by atoms with Crippen LogP contribution in [0.3, 0.4) is 0 Å². The van der Waals surface area contributed by atoms with Crippen molar-refractivity contribution < 1.29 is 27.6 Å². The summed E-state index contributed by atoms with van der Waals surface area (Å²) in [5, 5.41) is 13.1. The predicted molar refractivity (Wildman–Crippen MR) is 67.8 cm³/mol. The summed E-state index contributed by atoms with van der Waals surface area (Å²) in [6.07, 6.45) is -4.87. The number of nitrogens with one attached hydrogen (secondary N) is 1. The number of rotatable bonds is 5. The first-order chi connectivity index (χ1) is 9.66. The van der Waals surface area contributed by atoms with Gasteiger partial charge in [-0.25, -0.2) is 4.79 Å². The molecule has 1 atom stereocenters. The number of nitro benzene ring substituents is 1. The molecule has 0 amide bonds. The van der Waals surface area contributed by atoms with Gasteiger partial charge in [-0.2, -0.15) is 13.2 Å². The number of anilines is 1. The standard InChI is InChI=1S/C12H13F3N2O4/c1-3-21-11(18)7(2)16-8-4-5-10(17(19)20)9(6-8)12(13,14)15/h4-7,16H,3H2,1-2H3. The van der Waals surface area contributed by atoms with Crippen molar-refractivity contribution in [1.29, 1.82) is 0 Å². The van der Waals surface area contributed by atoms with Gasteiger partial charge in [0.2, 0.25) is 0 Å². The molecule has 0 spiro atoms. The second kappa shape index (κ2) is 6.42. The fraction of sp³-hybridized carbons (Fsp3) is 0.417. The summed E-state index contributed by atoms with van der Waals surface area (Å²) in [5.74, 6) is -0.635. The van der Waals surface area contributed by atoms with Crippen molar-refractivity contribution in [1.82, 2.24) is 0 Å². The molecular weight excluding hydrogens is 293 g/mol. The molecule has 1 aromatic rings. The second-order valence-electron chi connectivity index (χ2n) is 4.10. The summed E-state index contributed by atoms with van der Waals surface area (Å²) >= 11 is 0. The van der Waals surface area contributed by atoms with E-state index in [1.165, 1.54) is 6.92 Å². The molecule has 1 N–H and O–H groups in total. The van der Waals surface area contributed by atoms with E-state index in [-0.39, 0.29) is 12.3 Å². The minimum atomic E-state index is -4.87. The molecule has 0 aromatic heterocycles. The first kappa shape index (κ1) is 16.7. The first-order valence-electron chi connectivity index (χ1n) is 5.95. The largest absolute Gasteiger partial charge is 0.464 e. The van der Waals surface area contributed by atoms with Crippen molar-refractivity contribution in [2.75, 3.05) is 11.9 Å². The van der Waals surface area contributed by atoms with Crippen molar-refractivity contribution in [2.45, 2.75) is 26.1 Å². The van der Waals surface area contributed by atoms with Gasteiger partial charge in [-0.05, 0) is 26.0 Å². The SMILES string of the molecule is CCOC(=O)C(C)Nc1ccc([N+](=O)[O-])c(C(F)(F)F)c1. The number of benzene rings is 1. The number of esters is 1. The number of nitro groups is 1. The van der Waals surface area contributed by atoms with E-state index < -0.39 is 34.4 Å². The van der Waals surface area contributed by atoms with E-state index in [1.54, 1.807) is 6.92 Å². The Hall–Kier alpha value is -2.32. The van der Waals surface area contributed by atoms with Gasteiger partial charge in [0.1, 0.15) is 11.6 Å². The van der Waals surface area contributed by atoms with Gasteiger partial charge in [0.05, 0.1) is 11.5 Å². The zero-order chi connectivity index (χ0) is 16.2. The van der Waals surface area contributed by atoms with Crippen LogP contribution in [0.2, 0.25) is 0 Å². The van der Waals surface area contributed by atoms with E-state index in [4.69, 9.17) is 4.74 Å². The molecule has 0 saturated carbocycles. The average Bonchev–Trinajstić information content (AvgIpc) is 2.37. The summed E-state index contributed by atoms with van der Waals surface area (Å²) < 4.78 is 43.0. The normalized spacial score (nSPS) is 12.6. The number of carbonyl (C=O) groups is 1. The Morgan fingerprint density at radius 3 is 2.57 bits per heavy atom. The molecule has 0 bridgehead atoms. The molecule has 116 valence electrons. The van der Waals surface area contributed by atoms with Crippen molar-refractivity contribution in [3.8, 4) is 0 Å². The van der Waals surface area contributed by atoms with Crippen LogP contribution in [0.5, 0.6) is 0 Å². The molecular formula is C12H13F3N2O4. The van der Waals surface area contributed by atoms with Crippen molar-refractivity contribution >= 4 is 17.3 Å². The van der Waals surface area contributed by atoms with Gasteiger partial charge in [-0.3, -0.25) is 10.1 Å². The van der Waals surface area contributed by atoms with Gasteiger partial charge in [0.25, 0.3) is 5.69 Å². The second-order valence-corrected chi connectivity index (χ2v) is 4.10. The number of carbonyl (C=O) groups excluding carboxylic acids is 1. The van der Waals surface area contributed by atoms with Crippen LogP contribution in [0.15, 0.2) is 18.2 Å². The summed E-state index contributed by atoms with van der Waals surface area (Å²) in [6.45, 7) is 3.14. The number of hydrogen-bond acceptors (Lipinski definition) is 5. The fourth-order valence-electron chi connectivity index (χ4n) is 1.59. The lowest BCUT2D eigenvalue weighted by molar-refractivity contribution is -0.388. The van der Waals surface area contributed by atoms with E-state index >= 15 is 0 Å². The van der Waals surface area contributed by atoms with Crippen LogP contribution in [0.1, 0.15) is 19.4 Å². The molecule has 1 unspecified atom stereocenters. The molecule has 0 heterocycles. The van der Waals surface area contributed by atoms with E-state index in [0.29, 0.717) is 6.07 Å². The molecule has 1 rings (SSSR count). The molecule has 0 aliphatic carbocycles.